The summed E-state index contributed by atoms with van der Waals surface area (Å²) in [5, 5.41) is 3.84. The molecule has 0 aliphatic heterocycles. The number of hydrogen-bond donors (Lipinski definition) is 1. The Hall–Kier alpha value is -0.0800. The lowest BCUT2D eigenvalue weighted by atomic mass is 9.92. The van der Waals surface area contributed by atoms with Crippen LogP contribution in [0.2, 0.25) is 0 Å². The lowest BCUT2D eigenvalue weighted by Crippen LogP contribution is -2.51. The van der Waals surface area contributed by atoms with Crippen LogP contribution in [0.4, 0.5) is 0 Å². The standard InChI is InChI=1S/C14H28N2/c1-16(2)14(10-6-7-11-14)12-15-13-8-4-3-5-9-13/h13,15H,3-12H2,1-2H3. The SMILES string of the molecule is CN(C)C1(CNC2CCCCC2)CCCC1. The van der Waals surface area contributed by atoms with Gasteiger partial charge < -0.3 is 10.2 Å². The van der Waals surface area contributed by atoms with Crippen LogP contribution in [-0.4, -0.2) is 37.1 Å². The molecule has 16 heavy (non-hydrogen) atoms. The van der Waals surface area contributed by atoms with Crippen LogP contribution in [0.1, 0.15) is 57.8 Å². The molecule has 0 radical (unpaired) electrons. The summed E-state index contributed by atoms with van der Waals surface area (Å²) in [7, 11) is 4.52. The van der Waals surface area contributed by atoms with Crippen LogP contribution in [0.3, 0.4) is 0 Å². The molecule has 2 aliphatic carbocycles. The fraction of sp³-hybridized carbons (Fsp3) is 1.00. The van der Waals surface area contributed by atoms with Crippen LogP contribution in [0.5, 0.6) is 0 Å². The van der Waals surface area contributed by atoms with Gasteiger partial charge in [-0.25, -0.2) is 0 Å². The van der Waals surface area contributed by atoms with E-state index in [9.17, 15) is 0 Å². The minimum absolute atomic E-state index is 0.470. The van der Waals surface area contributed by atoms with Crippen LogP contribution in [-0.2, 0) is 0 Å². The van der Waals surface area contributed by atoms with Crippen molar-refractivity contribution in [3.63, 3.8) is 0 Å². The molecule has 0 saturated heterocycles. The summed E-state index contributed by atoms with van der Waals surface area (Å²) in [5.74, 6) is 0. The van der Waals surface area contributed by atoms with Crippen molar-refractivity contribution in [2.24, 2.45) is 0 Å². The quantitative estimate of drug-likeness (QED) is 0.790. The van der Waals surface area contributed by atoms with E-state index in [0.717, 1.165) is 6.04 Å². The van der Waals surface area contributed by atoms with Gasteiger partial charge in [0.15, 0.2) is 0 Å². The van der Waals surface area contributed by atoms with E-state index >= 15 is 0 Å². The Balaban J connectivity index is 1.81. The van der Waals surface area contributed by atoms with Gasteiger partial charge in [0.2, 0.25) is 0 Å². The molecule has 0 unspecified atom stereocenters. The van der Waals surface area contributed by atoms with Crippen LogP contribution in [0, 0.1) is 0 Å². The molecule has 2 nitrogen and oxygen atoms in total. The number of nitrogens with zero attached hydrogens (tertiary/aromatic N) is 1. The van der Waals surface area contributed by atoms with E-state index in [1.807, 2.05) is 0 Å². The van der Waals surface area contributed by atoms with Gasteiger partial charge in [0.25, 0.3) is 0 Å². The second-order valence-electron chi connectivity index (χ2n) is 6.04. The first-order valence-electron chi connectivity index (χ1n) is 7.14. The van der Waals surface area contributed by atoms with Crippen molar-refractivity contribution >= 4 is 0 Å². The molecule has 1 N–H and O–H groups in total. The number of likely N-dealkylation sites (N-methyl/N-ethyl adjacent to an activating group) is 1. The predicted molar refractivity (Wildman–Crippen MR) is 69.8 cm³/mol. The minimum Gasteiger partial charge on any atom is -0.312 e. The molecule has 0 aromatic rings. The van der Waals surface area contributed by atoms with Crippen LogP contribution >= 0.6 is 0 Å². The van der Waals surface area contributed by atoms with Gasteiger partial charge in [0.05, 0.1) is 0 Å². The predicted octanol–water partition coefficient (Wildman–Crippen LogP) is 2.78. The Morgan fingerprint density at radius 2 is 1.62 bits per heavy atom. The van der Waals surface area contributed by atoms with Gasteiger partial charge in [-0.05, 0) is 39.8 Å². The van der Waals surface area contributed by atoms with Crippen molar-refractivity contribution in [1.29, 1.82) is 0 Å². The van der Waals surface area contributed by atoms with Crippen LogP contribution < -0.4 is 5.32 Å². The molecule has 0 spiro atoms. The molecule has 2 aliphatic rings. The van der Waals surface area contributed by atoms with Crippen molar-refractivity contribution < 1.29 is 0 Å². The van der Waals surface area contributed by atoms with Crippen molar-refractivity contribution in [2.45, 2.75) is 69.4 Å². The van der Waals surface area contributed by atoms with Gasteiger partial charge >= 0.3 is 0 Å². The zero-order valence-electron chi connectivity index (χ0n) is 11.1. The van der Waals surface area contributed by atoms with Gasteiger partial charge in [-0.1, -0.05) is 32.1 Å². The maximum atomic E-state index is 3.84. The Labute approximate surface area is 101 Å². The summed E-state index contributed by atoms with van der Waals surface area (Å²) in [5.41, 5.74) is 0.470. The third-order valence-corrected chi connectivity index (χ3v) is 4.81. The molecular weight excluding hydrogens is 196 g/mol. The van der Waals surface area contributed by atoms with E-state index < -0.39 is 0 Å². The highest BCUT2D eigenvalue weighted by molar-refractivity contribution is 4.95. The monoisotopic (exact) mass is 224 g/mol. The van der Waals surface area contributed by atoms with Gasteiger partial charge in [-0.2, -0.15) is 0 Å². The number of nitrogens with one attached hydrogen (secondary N) is 1. The fourth-order valence-electron chi connectivity index (χ4n) is 3.46. The largest absolute Gasteiger partial charge is 0.312 e. The third-order valence-electron chi connectivity index (χ3n) is 4.81. The van der Waals surface area contributed by atoms with E-state index in [1.54, 1.807) is 0 Å². The fourth-order valence-corrected chi connectivity index (χ4v) is 3.46. The molecule has 2 saturated carbocycles. The van der Waals surface area contributed by atoms with E-state index in [-0.39, 0.29) is 0 Å². The summed E-state index contributed by atoms with van der Waals surface area (Å²) in [6.07, 6.45) is 12.8. The maximum Gasteiger partial charge on any atom is 0.0327 e. The van der Waals surface area contributed by atoms with E-state index in [4.69, 9.17) is 0 Å². The summed E-state index contributed by atoms with van der Waals surface area (Å²) >= 11 is 0. The van der Waals surface area contributed by atoms with Gasteiger partial charge in [0, 0.05) is 18.1 Å². The zero-order chi connectivity index (χ0) is 11.4. The zero-order valence-corrected chi connectivity index (χ0v) is 11.1. The molecule has 0 bridgehead atoms. The summed E-state index contributed by atoms with van der Waals surface area (Å²) in [6.45, 7) is 1.21. The Morgan fingerprint density at radius 3 is 2.19 bits per heavy atom. The maximum absolute atomic E-state index is 3.84. The number of hydrogen-bond acceptors (Lipinski definition) is 2. The Morgan fingerprint density at radius 1 is 1.00 bits per heavy atom. The topological polar surface area (TPSA) is 15.3 Å². The average Bonchev–Trinajstić information content (AvgIpc) is 2.78. The van der Waals surface area contributed by atoms with Crippen molar-refractivity contribution in [3.8, 4) is 0 Å². The summed E-state index contributed by atoms with van der Waals surface area (Å²) in [6, 6.07) is 0.811. The molecule has 0 aromatic carbocycles. The van der Waals surface area contributed by atoms with Gasteiger partial charge in [-0.15, -0.1) is 0 Å². The Kier molecular flexibility index (Phi) is 4.26. The summed E-state index contributed by atoms with van der Waals surface area (Å²) < 4.78 is 0. The normalized spacial score (nSPS) is 26.4. The van der Waals surface area contributed by atoms with E-state index in [2.05, 4.69) is 24.3 Å². The van der Waals surface area contributed by atoms with Gasteiger partial charge in [0.1, 0.15) is 0 Å². The lowest BCUT2D eigenvalue weighted by molar-refractivity contribution is 0.145. The Bertz CT molecular complexity index is 201. The third kappa shape index (κ3) is 2.78. The first-order chi connectivity index (χ1) is 7.73. The molecule has 0 atom stereocenters. The number of rotatable bonds is 4. The average molecular weight is 224 g/mol. The molecule has 0 heterocycles. The molecule has 2 rings (SSSR count). The van der Waals surface area contributed by atoms with Crippen LogP contribution in [0.25, 0.3) is 0 Å². The first kappa shape index (κ1) is 12.4. The van der Waals surface area contributed by atoms with Gasteiger partial charge in [-0.3, -0.25) is 0 Å². The van der Waals surface area contributed by atoms with E-state index in [1.165, 1.54) is 64.3 Å². The molecule has 94 valence electrons. The van der Waals surface area contributed by atoms with Crippen molar-refractivity contribution in [1.82, 2.24) is 10.2 Å². The smallest absolute Gasteiger partial charge is 0.0327 e. The lowest BCUT2D eigenvalue weighted by Gasteiger charge is -2.38. The van der Waals surface area contributed by atoms with E-state index in [0.29, 0.717) is 5.54 Å². The molecule has 2 fully saturated rings. The highest BCUT2D eigenvalue weighted by atomic mass is 15.2. The molecule has 0 amide bonds. The first-order valence-corrected chi connectivity index (χ1v) is 7.14. The molecule has 0 aromatic heterocycles. The molecule has 2 heteroatoms. The molecular formula is C14H28N2. The summed E-state index contributed by atoms with van der Waals surface area (Å²) in [4.78, 5) is 2.47. The van der Waals surface area contributed by atoms with Crippen LogP contribution in [0.15, 0.2) is 0 Å². The highest BCUT2D eigenvalue weighted by Crippen LogP contribution is 2.33. The minimum atomic E-state index is 0.470. The van der Waals surface area contributed by atoms with Crippen molar-refractivity contribution in [2.75, 3.05) is 20.6 Å². The second-order valence-corrected chi connectivity index (χ2v) is 6.04. The van der Waals surface area contributed by atoms with Crippen molar-refractivity contribution in [3.05, 3.63) is 0 Å². The highest BCUT2D eigenvalue weighted by Gasteiger charge is 2.36. The second kappa shape index (κ2) is 5.50.